The molecule has 0 aliphatic rings. The summed E-state index contributed by atoms with van der Waals surface area (Å²) in [5.41, 5.74) is 2.33. The minimum Gasteiger partial charge on any atom is -0.496 e. The van der Waals surface area contributed by atoms with E-state index in [1.807, 2.05) is 18.2 Å². The number of ether oxygens (including phenoxy) is 1. The molecule has 0 saturated heterocycles. The van der Waals surface area contributed by atoms with Gasteiger partial charge in [-0.25, -0.2) is 0 Å². The van der Waals surface area contributed by atoms with Crippen LogP contribution in [-0.2, 0) is 6.54 Å². The van der Waals surface area contributed by atoms with Crippen LogP contribution in [0.25, 0.3) is 0 Å². The van der Waals surface area contributed by atoms with Crippen LogP contribution in [0.5, 0.6) is 5.75 Å². The molecule has 2 rings (SSSR count). The Labute approximate surface area is 131 Å². The molecule has 20 heavy (non-hydrogen) atoms. The third-order valence-electron chi connectivity index (χ3n) is 2.81. The molecule has 3 nitrogen and oxygen atoms in total. The molecule has 0 bridgehead atoms. The monoisotopic (exact) mass is 350 g/mol. The van der Waals surface area contributed by atoms with Crippen molar-refractivity contribution < 1.29 is 4.74 Å². The number of benzene rings is 2. The zero-order valence-corrected chi connectivity index (χ0v) is 13.1. The number of methoxy groups -OCH3 is 1. The molecule has 0 aliphatic heterocycles. The Morgan fingerprint density at radius 3 is 2.80 bits per heavy atom. The van der Waals surface area contributed by atoms with Gasteiger partial charge in [-0.15, -0.1) is 0 Å². The maximum atomic E-state index is 8.95. The van der Waals surface area contributed by atoms with Crippen LogP contribution in [0, 0.1) is 11.3 Å². The van der Waals surface area contributed by atoms with Crippen molar-refractivity contribution in [1.82, 2.24) is 0 Å². The zero-order chi connectivity index (χ0) is 14.5. The summed E-state index contributed by atoms with van der Waals surface area (Å²) in [5, 5.41) is 12.8. The summed E-state index contributed by atoms with van der Waals surface area (Å²) in [5.74, 6) is 0.739. The maximum Gasteiger partial charge on any atom is 0.123 e. The van der Waals surface area contributed by atoms with Crippen molar-refractivity contribution in [2.24, 2.45) is 0 Å². The summed E-state index contributed by atoms with van der Waals surface area (Å²) in [6.45, 7) is 0.523. The van der Waals surface area contributed by atoms with Crippen LogP contribution >= 0.6 is 27.5 Å². The minimum atomic E-state index is 0.523. The Balaban J connectivity index is 2.22. The Morgan fingerprint density at radius 1 is 1.30 bits per heavy atom. The van der Waals surface area contributed by atoms with E-state index in [0.717, 1.165) is 21.5 Å². The van der Waals surface area contributed by atoms with E-state index in [-0.39, 0.29) is 0 Å². The quantitative estimate of drug-likeness (QED) is 0.876. The first-order chi connectivity index (χ1) is 9.63. The number of nitrogens with one attached hydrogen (secondary N) is 1. The molecule has 0 saturated carbocycles. The molecular weight excluding hydrogens is 340 g/mol. The van der Waals surface area contributed by atoms with Gasteiger partial charge in [0.05, 0.1) is 29.5 Å². The molecule has 0 unspecified atom stereocenters. The SMILES string of the molecule is COc1ccc(C#N)cc1CNc1cc(Br)ccc1Cl. The average Bonchev–Trinajstić information content (AvgIpc) is 2.47. The molecule has 2 aromatic carbocycles. The van der Waals surface area contributed by atoms with Crippen LogP contribution in [0.15, 0.2) is 40.9 Å². The molecule has 0 amide bonds. The second-order valence-corrected chi connectivity index (χ2v) is 5.44. The third kappa shape index (κ3) is 3.44. The van der Waals surface area contributed by atoms with Gasteiger partial charge in [-0.3, -0.25) is 0 Å². The molecule has 0 radical (unpaired) electrons. The van der Waals surface area contributed by atoms with Gasteiger partial charge in [0.15, 0.2) is 0 Å². The van der Waals surface area contributed by atoms with E-state index in [2.05, 4.69) is 27.3 Å². The first kappa shape index (κ1) is 14.7. The molecule has 0 heterocycles. The van der Waals surface area contributed by atoms with E-state index in [9.17, 15) is 0 Å². The summed E-state index contributed by atoms with van der Waals surface area (Å²) in [4.78, 5) is 0. The summed E-state index contributed by atoms with van der Waals surface area (Å²) in [6.07, 6.45) is 0. The first-order valence-corrected chi connectivity index (χ1v) is 7.07. The van der Waals surface area contributed by atoms with Crippen LogP contribution in [0.4, 0.5) is 5.69 Å². The van der Waals surface area contributed by atoms with Crippen molar-refractivity contribution in [3.63, 3.8) is 0 Å². The Hall–Kier alpha value is -1.70. The van der Waals surface area contributed by atoms with Gasteiger partial charge < -0.3 is 10.1 Å². The number of nitrogens with zero attached hydrogens (tertiary/aromatic N) is 1. The molecule has 102 valence electrons. The van der Waals surface area contributed by atoms with Crippen LogP contribution in [0.2, 0.25) is 5.02 Å². The van der Waals surface area contributed by atoms with Gasteiger partial charge in [-0.05, 0) is 36.4 Å². The molecule has 0 aromatic heterocycles. The van der Waals surface area contributed by atoms with E-state index < -0.39 is 0 Å². The molecule has 0 fully saturated rings. The van der Waals surface area contributed by atoms with Crippen LogP contribution in [0.1, 0.15) is 11.1 Å². The van der Waals surface area contributed by atoms with E-state index in [4.69, 9.17) is 21.6 Å². The first-order valence-electron chi connectivity index (χ1n) is 5.90. The minimum absolute atomic E-state index is 0.523. The number of nitriles is 1. The van der Waals surface area contributed by atoms with Crippen molar-refractivity contribution in [3.05, 3.63) is 57.0 Å². The molecule has 0 aliphatic carbocycles. The molecular formula is C15H12BrClN2O. The fraction of sp³-hybridized carbons (Fsp3) is 0.133. The third-order valence-corrected chi connectivity index (χ3v) is 3.63. The lowest BCUT2D eigenvalue weighted by atomic mass is 10.1. The van der Waals surface area contributed by atoms with Crippen molar-refractivity contribution in [3.8, 4) is 11.8 Å². The molecule has 2 aromatic rings. The number of halogens is 2. The van der Waals surface area contributed by atoms with Crippen LogP contribution < -0.4 is 10.1 Å². The number of hydrogen-bond acceptors (Lipinski definition) is 3. The lowest BCUT2D eigenvalue weighted by molar-refractivity contribution is 0.410. The van der Waals surface area contributed by atoms with Gasteiger partial charge in [0, 0.05) is 16.6 Å². The molecule has 0 spiro atoms. The topological polar surface area (TPSA) is 45.0 Å². The van der Waals surface area contributed by atoms with Crippen molar-refractivity contribution >= 4 is 33.2 Å². The predicted octanol–water partition coefficient (Wildman–Crippen LogP) is 4.59. The Kier molecular flexibility index (Phi) is 4.89. The molecule has 5 heteroatoms. The Bertz CT molecular complexity index is 667. The van der Waals surface area contributed by atoms with E-state index >= 15 is 0 Å². The van der Waals surface area contributed by atoms with Gasteiger partial charge in [-0.2, -0.15) is 5.26 Å². The van der Waals surface area contributed by atoms with Gasteiger partial charge in [0.25, 0.3) is 0 Å². The summed E-state index contributed by atoms with van der Waals surface area (Å²) in [6, 6.07) is 13.0. The van der Waals surface area contributed by atoms with Gasteiger partial charge in [0.2, 0.25) is 0 Å². The highest BCUT2D eigenvalue weighted by Gasteiger charge is 2.06. The van der Waals surface area contributed by atoms with Gasteiger partial charge in [0.1, 0.15) is 5.75 Å². The fourth-order valence-electron chi connectivity index (χ4n) is 1.81. The van der Waals surface area contributed by atoms with Crippen LogP contribution in [0.3, 0.4) is 0 Å². The van der Waals surface area contributed by atoms with Crippen LogP contribution in [-0.4, -0.2) is 7.11 Å². The lowest BCUT2D eigenvalue weighted by Gasteiger charge is -2.12. The zero-order valence-electron chi connectivity index (χ0n) is 10.8. The highest BCUT2D eigenvalue weighted by Crippen LogP contribution is 2.27. The lowest BCUT2D eigenvalue weighted by Crippen LogP contribution is -2.02. The average molecular weight is 352 g/mol. The van der Waals surface area contributed by atoms with Crippen molar-refractivity contribution in [2.45, 2.75) is 6.54 Å². The van der Waals surface area contributed by atoms with Gasteiger partial charge >= 0.3 is 0 Å². The number of anilines is 1. The number of rotatable bonds is 4. The van der Waals surface area contributed by atoms with E-state index in [1.54, 1.807) is 25.3 Å². The Morgan fingerprint density at radius 2 is 2.10 bits per heavy atom. The fourth-order valence-corrected chi connectivity index (χ4v) is 2.36. The number of hydrogen-bond donors (Lipinski definition) is 1. The summed E-state index contributed by atoms with van der Waals surface area (Å²) in [7, 11) is 1.61. The summed E-state index contributed by atoms with van der Waals surface area (Å²) < 4.78 is 6.24. The normalized spacial score (nSPS) is 9.90. The molecule has 1 N–H and O–H groups in total. The smallest absolute Gasteiger partial charge is 0.123 e. The van der Waals surface area contributed by atoms with E-state index in [1.165, 1.54) is 0 Å². The summed E-state index contributed by atoms with van der Waals surface area (Å²) >= 11 is 9.53. The van der Waals surface area contributed by atoms with E-state index in [0.29, 0.717) is 17.1 Å². The van der Waals surface area contributed by atoms with Crippen molar-refractivity contribution in [1.29, 1.82) is 5.26 Å². The second kappa shape index (κ2) is 6.65. The maximum absolute atomic E-state index is 8.95. The highest BCUT2D eigenvalue weighted by atomic mass is 79.9. The van der Waals surface area contributed by atoms with Crippen molar-refractivity contribution in [2.75, 3.05) is 12.4 Å². The second-order valence-electron chi connectivity index (χ2n) is 4.12. The molecule has 0 atom stereocenters. The van der Waals surface area contributed by atoms with Gasteiger partial charge in [-0.1, -0.05) is 27.5 Å². The predicted molar refractivity (Wildman–Crippen MR) is 84.2 cm³/mol. The highest BCUT2D eigenvalue weighted by molar-refractivity contribution is 9.10. The largest absolute Gasteiger partial charge is 0.496 e. The standard InChI is InChI=1S/C15H12BrClN2O/c1-20-15-5-2-10(8-18)6-11(15)9-19-14-7-12(16)3-4-13(14)17/h2-7,19H,9H2,1H3.